The molecule has 4 N–H and O–H groups in total. The SMILES string of the molecule is C[C@H]1C[C@H]2[C@@H]3CCC4=CC(=O)C=C[C@]4(C)[C@@]3(F)[C@@H](O)C[C@]2(C)[C@]1(O)C(=O)COP(=O)(O)O. The number of phosphoric ester groups is 1. The van der Waals surface area contributed by atoms with E-state index in [1.54, 1.807) is 20.8 Å². The van der Waals surface area contributed by atoms with E-state index in [9.17, 15) is 24.4 Å². The summed E-state index contributed by atoms with van der Waals surface area (Å²) < 4.78 is 32.5. The molecular weight excluding hydrogens is 442 g/mol. The Morgan fingerprint density at radius 1 is 1.31 bits per heavy atom. The van der Waals surface area contributed by atoms with Crippen LogP contribution in [0.3, 0.4) is 0 Å². The number of alkyl halides is 1. The van der Waals surface area contributed by atoms with E-state index in [0.29, 0.717) is 24.8 Å². The molecule has 0 aromatic heterocycles. The molecule has 0 unspecified atom stereocenters. The summed E-state index contributed by atoms with van der Waals surface area (Å²) in [4.78, 5) is 42.8. The molecule has 4 aliphatic rings. The van der Waals surface area contributed by atoms with Crippen LogP contribution in [0.25, 0.3) is 0 Å². The first-order valence-corrected chi connectivity index (χ1v) is 12.4. The molecule has 0 aromatic rings. The largest absolute Gasteiger partial charge is 0.470 e. The van der Waals surface area contributed by atoms with Gasteiger partial charge in [0.15, 0.2) is 17.2 Å². The Bertz CT molecular complexity index is 973. The second kappa shape index (κ2) is 7.14. The molecule has 8 nitrogen and oxygen atoms in total. The summed E-state index contributed by atoms with van der Waals surface area (Å²) in [6.45, 7) is 4.00. The molecule has 0 spiro atoms. The smallest absolute Gasteiger partial charge is 0.390 e. The average molecular weight is 472 g/mol. The lowest BCUT2D eigenvalue weighted by Crippen LogP contribution is -2.69. The van der Waals surface area contributed by atoms with Crippen molar-refractivity contribution in [1.29, 1.82) is 0 Å². The third-order valence-corrected chi connectivity index (χ3v) is 9.48. The number of phosphoric acid groups is 1. The first-order valence-electron chi connectivity index (χ1n) is 10.9. The Labute approximate surface area is 185 Å². The Morgan fingerprint density at radius 2 is 1.97 bits per heavy atom. The van der Waals surface area contributed by atoms with Crippen LogP contribution in [0.15, 0.2) is 23.8 Å². The van der Waals surface area contributed by atoms with Gasteiger partial charge in [-0.1, -0.05) is 25.5 Å². The fourth-order valence-electron chi connectivity index (χ4n) is 7.39. The van der Waals surface area contributed by atoms with Gasteiger partial charge in [0.1, 0.15) is 12.2 Å². The second-order valence-corrected chi connectivity index (χ2v) is 11.6. The zero-order chi connectivity index (χ0) is 23.9. The van der Waals surface area contributed by atoms with Crippen LogP contribution in [0.1, 0.15) is 46.5 Å². The minimum atomic E-state index is -4.93. The molecule has 178 valence electrons. The quantitative estimate of drug-likeness (QED) is 0.456. The predicted molar refractivity (Wildman–Crippen MR) is 111 cm³/mol. The monoisotopic (exact) mass is 472 g/mol. The van der Waals surface area contributed by atoms with Gasteiger partial charge in [0.25, 0.3) is 0 Å². The fourth-order valence-corrected chi connectivity index (χ4v) is 7.68. The van der Waals surface area contributed by atoms with Crippen LogP contribution < -0.4 is 0 Å². The summed E-state index contributed by atoms with van der Waals surface area (Å²) in [5, 5.41) is 22.8. The number of carbonyl (C=O) groups excluding carboxylic acids is 2. The van der Waals surface area contributed by atoms with Gasteiger partial charge in [-0.15, -0.1) is 0 Å². The van der Waals surface area contributed by atoms with Gasteiger partial charge in [0, 0.05) is 16.7 Å². The number of allylic oxidation sites excluding steroid dienone is 4. The van der Waals surface area contributed by atoms with Crippen molar-refractivity contribution in [3.05, 3.63) is 23.8 Å². The maximum Gasteiger partial charge on any atom is 0.470 e. The van der Waals surface area contributed by atoms with Crippen LogP contribution in [0, 0.1) is 28.6 Å². The van der Waals surface area contributed by atoms with Crippen LogP contribution in [-0.4, -0.2) is 55.5 Å². The van der Waals surface area contributed by atoms with Crippen molar-refractivity contribution >= 4 is 19.4 Å². The van der Waals surface area contributed by atoms with E-state index in [2.05, 4.69) is 4.52 Å². The molecule has 0 radical (unpaired) electrons. The summed E-state index contributed by atoms with van der Waals surface area (Å²) in [6.07, 6.45) is 3.70. The number of hydrogen-bond donors (Lipinski definition) is 4. The average Bonchev–Trinajstić information content (AvgIpc) is 2.89. The molecule has 32 heavy (non-hydrogen) atoms. The van der Waals surface area contributed by atoms with Crippen LogP contribution in [0.4, 0.5) is 4.39 Å². The van der Waals surface area contributed by atoms with Crippen molar-refractivity contribution in [3.8, 4) is 0 Å². The normalized spacial score (nSPS) is 48.0. The lowest BCUT2D eigenvalue weighted by Gasteiger charge is -2.62. The molecule has 0 amide bonds. The Morgan fingerprint density at radius 3 is 2.59 bits per heavy atom. The molecular formula is C22H30FO8P. The number of carbonyl (C=O) groups is 2. The molecule has 0 bridgehead atoms. The van der Waals surface area contributed by atoms with Gasteiger partial charge < -0.3 is 20.0 Å². The molecule has 0 heterocycles. The van der Waals surface area contributed by atoms with Gasteiger partial charge in [0.05, 0.1) is 6.10 Å². The summed E-state index contributed by atoms with van der Waals surface area (Å²) >= 11 is 0. The number of halogens is 1. The van der Waals surface area contributed by atoms with Gasteiger partial charge in [-0.2, -0.15) is 0 Å². The van der Waals surface area contributed by atoms with E-state index in [0.717, 1.165) is 0 Å². The highest BCUT2D eigenvalue weighted by Crippen LogP contribution is 2.70. The number of ketones is 2. The van der Waals surface area contributed by atoms with Gasteiger partial charge in [-0.3, -0.25) is 14.1 Å². The minimum Gasteiger partial charge on any atom is -0.390 e. The summed E-state index contributed by atoms with van der Waals surface area (Å²) in [7, 11) is -4.93. The topological polar surface area (TPSA) is 141 Å². The Balaban J connectivity index is 1.74. The zero-order valence-electron chi connectivity index (χ0n) is 18.3. The van der Waals surface area contributed by atoms with Crippen molar-refractivity contribution in [1.82, 2.24) is 0 Å². The molecule has 4 aliphatic carbocycles. The maximum absolute atomic E-state index is 17.0. The first-order chi connectivity index (χ1) is 14.6. The predicted octanol–water partition coefficient (Wildman–Crippen LogP) is 2.01. The molecule has 3 fully saturated rings. The third kappa shape index (κ3) is 2.95. The highest BCUT2D eigenvalue weighted by Gasteiger charge is 2.75. The van der Waals surface area contributed by atoms with Crippen molar-refractivity contribution in [2.45, 2.75) is 63.8 Å². The number of aliphatic hydroxyl groups excluding tert-OH is 1. The van der Waals surface area contributed by atoms with Gasteiger partial charge in [-0.25, -0.2) is 8.96 Å². The van der Waals surface area contributed by atoms with Crippen molar-refractivity contribution < 1.29 is 43.1 Å². The maximum atomic E-state index is 17.0. The number of hydrogen-bond acceptors (Lipinski definition) is 6. The minimum absolute atomic E-state index is 0.211. The van der Waals surface area contributed by atoms with Gasteiger partial charge >= 0.3 is 7.82 Å². The lowest BCUT2D eigenvalue weighted by molar-refractivity contribution is -0.219. The second-order valence-electron chi connectivity index (χ2n) is 10.4. The highest BCUT2D eigenvalue weighted by atomic mass is 31.2. The van der Waals surface area contributed by atoms with Gasteiger partial charge in [0.2, 0.25) is 0 Å². The van der Waals surface area contributed by atoms with Crippen LogP contribution in [-0.2, 0) is 18.7 Å². The van der Waals surface area contributed by atoms with E-state index < -0.39 is 66.2 Å². The molecule has 0 aromatic carbocycles. The van der Waals surface area contributed by atoms with E-state index in [4.69, 9.17) is 9.79 Å². The Kier molecular flexibility index (Phi) is 5.34. The highest BCUT2D eigenvalue weighted by molar-refractivity contribution is 7.46. The first kappa shape index (κ1) is 23.9. The van der Waals surface area contributed by atoms with E-state index in [1.807, 2.05) is 0 Å². The molecule has 8 atom stereocenters. The van der Waals surface area contributed by atoms with Crippen molar-refractivity contribution in [3.63, 3.8) is 0 Å². The van der Waals surface area contributed by atoms with Crippen LogP contribution >= 0.6 is 7.82 Å². The standard InChI is InChI=1S/C22H30FO8P/c1-12-8-16-15-5-4-13-9-14(24)6-7-19(13,2)21(15,23)17(25)10-20(16,3)22(12,27)18(26)11-31-32(28,29)30/h6-7,9,12,15-17,25,27H,4-5,8,10-11H2,1-3H3,(H2,28,29,30)/t12-,15-,16-,17-,19-,20-,21-,22+/m0/s1. The number of fused-ring (bicyclic) bond motifs is 5. The molecule has 0 saturated heterocycles. The molecule has 3 saturated carbocycles. The number of Topliss-reactive ketones (excluding diaryl/α,β-unsaturated/α-hetero) is 1. The van der Waals surface area contributed by atoms with E-state index in [-0.39, 0.29) is 12.2 Å². The Hall–Kier alpha value is -1.22. The van der Waals surface area contributed by atoms with Crippen LogP contribution in [0.5, 0.6) is 0 Å². The third-order valence-electron chi connectivity index (χ3n) is 9.01. The van der Waals surface area contributed by atoms with E-state index in [1.165, 1.54) is 18.2 Å². The molecule has 10 heteroatoms. The fraction of sp³-hybridized carbons (Fsp3) is 0.727. The summed E-state index contributed by atoms with van der Waals surface area (Å²) in [5.41, 5.74) is -5.88. The van der Waals surface area contributed by atoms with Crippen molar-refractivity contribution in [2.24, 2.45) is 28.6 Å². The van der Waals surface area contributed by atoms with Crippen molar-refractivity contribution in [2.75, 3.05) is 6.61 Å². The summed E-state index contributed by atoms with van der Waals surface area (Å²) in [5.74, 6) is -2.87. The molecule has 4 rings (SSSR count). The van der Waals surface area contributed by atoms with Gasteiger partial charge in [-0.05, 0) is 56.6 Å². The zero-order valence-corrected chi connectivity index (χ0v) is 19.2. The number of rotatable bonds is 4. The summed E-state index contributed by atoms with van der Waals surface area (Å²) in [6, 6.07) is 0. The molecule has 0 aliphatic heterocycles. The van der Waals surface area contributed by atoms with E-state index >= 15 is 4.39 Å². The number of aliphatic hydroxyl groups is 2. The lowest BCUT2D eigenvalue weighted by atomic mass is 9.44. The van der Waals surface area contributed by atoms with Crippen LogP contribution in [0.2, 0.25) is 0 Å².